The number of ether oxygens (including phenoxy) is 1. The summed E-state index contributed by atoms with van der Waals surface area (Å²) in [5, 5.41) is 0. The van der Waals surface area contributed by atoms with Gasteiger partial charge in [0.15, 0.2) is 0 Å². The second-order valence-corrected chi connectivity index (χ2v) is 7.00. The molecule has 96 valence electrons. The van der Waals surface area contributed by atoms with Crippen LogP contribution in [-0.2, 0) is 4.74 Å². The maximum absolute atomic E-state index is 6.15. The van der Waals surface area contributed by atoms with Crippen molar-refractivity contribution in [3.05, 3.63) is 11.6 Å². The van der Waals surface area contributed by atoms with E-state index in [0.29, 0.717) is 6.04 Å². The Morgan fingerprint density at radius 2 is 2.12 bits per heavy atom. The fraction of sp³-hybridized carbons (Fsp3) is 0.857. The minimum Gasteiger partial charge on any atom is -0.375 e. The molecule has 1 spiro atoms. The van der Waals surface area contributed by atoms with Crippen molar-refractivity contribution in [1.82, 2.24) is 0 Å². The summed E-state index contributed by atoms with van der Waals surface area (Å²) in [7, 11) is 0. The van der Waals surface area contributed by atoms with Crippen molar-refractivity contribution in [1.29, 1.82) is 0 Å². The fourth-order valence-electron chi connectivity index (χ4n) is 3.55. The first kappa shape index (κ1) is 12.1. The highest BCUT2D eigenvalue weighted by Gasteiger charge is 2.40. The summed E-state index contributed by atoms with van der Waals surface area (Å²) < 4.78 is 6.15. The number of hydrogen-bond acceptors (Lipinski definition) is 3. The van der Waals surface area contributed by atoms with Gasteiger partial charge in [0.2, 0.25) is 0 Å². The van der Waals surface area contributed by atoms with E-state index in [1.54, 1.807) is 5.57 Å². The normalized spacial score (nSPS) is 37.1. The minimum atomic E-state index is 0.224. The van der Waals surface area contributed by atoms with Crippen LogP contribution >= 0.6 is 11.8 Å². The molecule has 0 saturated carbocycles. The summed E-state index contributed by atoms with van der Waals surface area (Å²) in [5.41, 5.74) is 7.85. The van der Waals surface area contributed by atoms with Crippen LogP contribution in [0, 0.1) is 5.92 Å². The Kier molecular flexibility index (Phi) is 3.51. The van der Waals surface area contributed by atoms with Crippen molar-refractivity contribution in [2.24, 2.45) is 11.7 Å². The zero-order chi connectivity index (χ0) is 11.7. The quantitative estimate of drug-likeness (QED) is 0.730. The maximum Gasteiger partial charge on any atom is 0.0704 e. The van der Waals surface area contributed by atoms with Gasteiger partial charge in [-0.1, -0.05) is 11.6 Å². The molecule has 0 aromatic carbocycles. The molecule has 3 heteroatoms. The smallest absolute Gasteiger partial charge is 0.0704 e. The summed E-state index contributed by atoms with van der Waals surface area (Å²) in [6.07, 6.45) is 9.72. The van der Waals surface area contributed by atoms with Crippen molar-refractivity contribution >= 4 is 11.8 Å². The molecule has 0 bridgehead atoms. The van der Waals surface area contributed by atoms with Crippen LogP contribution in [0.3, 0.4) is 0 Å². The van der Waals surface area contributed by atoms with E-state index in [4.69, 9.17) is 10.5 Å². The van der Waals surface area contributed by atoms with Gasteiger partial charge in [0, 0.05) is 12.6 Å². The monoisotopic (exact) mass is 253 g/mol. The van der Waals surface area contributed by atoms with Gasteiger partial charge in [-0.05, 0) is 55.9 Å². The van der Waals surface area contributed by atoms with Crippen LogP contribution in [-0.4, -0.2) is 29.8 Å². The Balaban J connectivity index is 1.69. The van der Waals surface area contributed by atoms with E-state index in [1.165, 1.54) is 43.6 Å². The number of nitrogens with two attached hydrogens (primary N) is 1. The first-order chi connectivity index (χ1) is 8.27. The summed E-state index contributed by atoms with van der Waals surface area (Å²) in [6, 6.07) is 0.325. The van der Waals surface area contributed by atoms with Gasteiger partial charge < -0.3 is 10.5 Å². The molecule has 2 fully saturated rings. The van der Waals surface area contributed by atoms with Gasteiger partial charge in [0.05, 0.1) is 5.60 Å². The van der Waals surface area contributed by atoms with Gasteiger partial charge in [-0.2, -0.15) is 11.8 Å². The topological polar surface area (TPSA) is 35.2 Å². The Hall–Kier alpha value is 0.01000. The molecule has 17 heavy (non-hydrogen) atoms. The van der Waals surface area contributed by atoms with Crippen molar-refractivity contribution in [3.8, 4) is 0 Å². The fourth-order valence-corrected chi connectivity index (χ4v) is 4.79. The van der Waals surface area contributed by atoms with Gasteiger partial charge in [-0.3, -0.25) is 0 Å². The van der Waals surface area contributed by atoms with Crippen LogP contribution in [0.15, 0.2) is 11.6 Å². The second kappa shape index (κ2) is 4.94. The lowest BCUT2D eigenvalue weighted by atomic mass is 9.78. The van der Waals surface area contributed by atoms with Crippen LogP contribution in [0.25, 0.3) is 0 Å². The molecule has 0 amide bonds. The second-order valence-electron chi connectivity index (χ2n) is 5.78. The van der Waals surface area contributed by atoms with E-state index in [-0.39, 0.29) is 5.60 Å². The van der Waals surface area contributed by atoms with Gasteiger partial charge >= 0.3 is 0 Å². The van der Waals surface area contributed by atoms with E-state index in [1.807, 2.05) is 0 Å². The van der Waals surface area contributed by atoms with Crippen LogP contribution in [0.1, 0.15) is 38.5 Å². The van der Waals surface area contributed by atoms with Gasteiger partial charge in [0.1, 0.15) is 0 Å². The number of rotatable bonds is 1. The zero-order valence-corrected chi connectivity index (χ0v) is 11.3. The summed E-state index contributed by atoms with van der Waals surface area (Å²) >= 11 is 2.08. The van der Waals surface area contributed by atoms with E-state index in [9.17, 15) is 0 Å². The van der Waals surface area contributed by atoms with E-state index >= 15 is 0 Å². The summed E-state index contributed by atoms with van der Waals surface area (Å²) in [4.78, 5) is 0. The molecule has 2 unspecified atom stereocenters. The number of allylic oxidation sites excluding steroid dienone is 1. The first-order valence-corrected chi connectivity index (χ1v) is 8.11. The third-order valence-corrected chi connectivity index (χ3v) is 5.60. The van der Waals surface area contributed by atoms with E-state index in [0.717, 1.165) is 18.9 Å². The molecular formula is C14H23NOS. The Morgan fingerprint density at radius 3 is 2.82 bits per heavy atom. The summed E-state index contributed by atoms with van der Waals surface area (Å²) in [6.45, 7) is 0.960. The molecule has 3 aliphatic rings. The standard InChI is InChI=1S/C14H23NOS/c15-13-2-1-11(9-13)12-3-6-16-14(10-12)4-7-17-8-5-14/h9,12-13H,1-8,10,15H2. The zero-order valence-electron chi connectivity index (χ0n) is 10.5. The van der Waals surface area contributed by atoms with Crippen LogP contribution in [0.4, 0.5) is 0 Å². The molecule has 2 aliphatic heterocycles. The van der Waals surface area contributed by atoms with Crippen molar-refractivity contribution in [2.45, 2.75) is 50.2 Å². The Bertz CT molecular complexity index is 304. The predicted octanol–water partition coefficient (Wildman–Crippen LogP) is 2.73. The highest BCUT2D eigenvalue weighted by molar-refractivity contribution is 7.99. The molecule has 2 N–H and O–H groups in total. The predicted molar refractivity (Wildman–Crippen MR) is 73.3 cm³/mol. The largest absolute Gasteiger partial charge is 0.375 e. The highest BCUT2D eigenvalue weighted by atomic mass is 32.2. The van der Waals surface area contributed by atoms with Gasteiger partial charge in [-0.15, -0.1) is 0 Å². The third-order valence-electron chi connectivity index (χ3n) is 4.62. The van der Waals surface area contributed by atoms with E-state index in [2.05, 4.69) is 17.8 Å². The van der Waals surface area contributed by atoms with Crippen LogP contribution < -0.4 is 5.73 Å². The molecule has 0 radical (unpaired) electrons. The SMILES string of the molecule is NC1C=C(C2CCOC3(CCSCC3)C2)CC1. The lowest BCUT2D eigenvalue weighted by molar-refractivity contribution is -0.0967. The molecule has 0 aromatic rings. The van der Waals surface area contributed by atoms with E-state index < -0.39 is 0 Å². The Labute approximate surface area is 108 Å². The number of thioether (sulfide) groups is 1. The van der Waals surface area contributed by atoms with Gasteiger partial charge in [0.25, 0.3) is 0 Å². The third kappa shape index (κ3) is 2.56. The molecule has 3 rings (SSSR count). The lowest BCUT2D eigenvalue weighted by Gasteiger charge is -2.43. The highest BCUT2D eigenvalue weighted by Crippen LogP contribution is 2.43. The average Bonchev–Trinajstić information content (AvgIpc) is 2.77. The lowest BCUT2D eigenvalue weighted by Crippen LogP contribution is -2.43. The van der Waals surface area contributed by atoms with Crippen molar-refractivity contribution in [2.75, 3.05) is 18.1 Å². The molecule has 2 atom stereocenters. The molecular weight excluding hydrogens is 230 g/mol. The molecule has 1 aliphatic carbocycles. The molecule has 0 aromatic heterocycles. The minimum absolute atomic E-state index is 0.224. The van der Waals surface area contributed by atoms with Gasteiger partial charge in [-0.25, -0.2) is 0 Å². The maximum atomic E-state index is 6.15. The van der Waals surface area contributed by atoms with Crippen LogP contribution in [0.2, 0.25) is 0 Å². The average molecular weight is 253 g/mol. The summed E-state index contributed by atoms with van der Waals surface area (Å²) in [5.74, 6) is 3.33. The first-order valence-electron chi connectivity index (χ1n) is 6.95. The molecule has 2 saturated heterocycles. The molecule has 2 nitrogen and oxygen atoms in total. The van der Waals surface area contributed by atoms with Crippen molar-refractivity contribution in [3.63, 3.8) is 0 Å². The molecule has 2 heterocycles. The van der Waals surface area contributed by atoms with Crippen molar-refractivity contribution < 1.29 is 4.74 Å². The Morgan fingerprint density at radius 1 is 1.29 bits per heavy atom. The number of hydrogen-bond donors (Lipinski definition) is 1. The van der Waals surface area contributed by atoms with Crippen LogP contribution in [0.5, 0.6) is 0 Å².